The Morgan fingerprint density at radius 1 is 0.963 bits per heavy atom. The number of pyridine rings is 1. The highest BCUT2D eigenvalue weighted by Crippen LogP contribution is 2.20. The van der Waals surface area contributed by atoms with Gasteiger partial charge in [-0.1, -0.05) is 0 Å². The summed E-state index contributed by atoms with van der Waals surface area (Å²) in [6, 6.07) is 11.6. The van der Waals surface area contributed by atoms with Crippen molar-refractivity contribution in [3.05, 3.63) is 54.4 Å². The van der Waals surface area contributed by atoms with Gasteiger partial charge in [-0.25, -0.2) is 0 Å². The molecule has 2 aromatic rings. The van der Waals surface area contributed by atoms with Crippen molar-refractivity contribution in [3.63, 3.8) is 0 Å². The number of benzene rings is 1. The highest BCUT2D eigenvalue weighted by molar-refractivity contribution is 5.94. The Kier molecular flexibility index (Phi) is 6.25. The third kappa shape index (κ3) is 4.97. The van der Waals surface area contributed by atoms with Crippen LogP contribution in [0.15, 0.2) is 48.8 Å². The molecular weight excluding hydrogens is 344 g/mol. The molecule has 142 valence electrons. The first-order valence-corrected chi connectivity index (χ1v) is 9.02. The van der Waals surface area contributed by atoms with E-state index in [1.807, 2.05) is 48.8 Å². The Bertz CT molecular complexity index is 757. The molecule has 0 radical (unpaired) electrons. The van der Waals surface area contributed by atoms with E-state index in [4.69, 9.17) is 0 Å². The number of nitrogens with zero attached hydrogens (tertiary/aromatic N) is 3. The van der Waals surface area contributed by atoms with Gasteiger partial charge in [0.25, 0.3) is 5.91 Å². The van der Waals surface area contributed by atoms with Crippen molar-refractivity contribution in [2.75, 3.05) is 49.6 Å². The number of carbonyl (C=O) groups is 2. The summed E-state index contributed by atoms with van der Waals surface area (Å²) < 4.78 is 4.55. The fourth-order valence-electron chi connectivity index (χ4n) is 3.08. The van der Waals surface area contributed by atoms with E-state index >= 15 is 0 Å². The van der Waals surface area contributed by atoms with Crippen LogP contribution in [0.5, 0.6) is 0 Å². The second kappa shape index (κ2) is 9.02. The lowest BCUT2D eigenvalue weighted by molar-refractivity contribution is -0.140. The first kappa shape index (κ1) is 18.7. The Hall–Kier alpha value is -3.09. The van der Waals surface area contributed by atoms with E-state index in [-0.39, 0.29) is 24.8 Å². The molecule has 0 atom stereocenters. The van der Waals surface area contributed by atoms with Crippen molar-refractivity contribution in [2.45, 2.75) is 6.42 Å². The molecule has 1 aromatic carbocycles. The van der Waals surface area contributed by atoms with E-state index in [2.05, 4.69) is 24.8 Å². The van der Waals surface area contributed by atoms with Crippen molar-refractivity contribution in [2.24, 2.45) is 0 Å². The Labute approximate surface area is 158 Å². The largest absolute Gasteiger partial charge is 0.469 e. The van der Waals surface area contributed by atoms with Gasteiger partial charge in [0.15, 0.2) is 0 Å². The number of hydrogen-bond acceptors (Lipinski definition) is 6. The monoisotopic (exact) mass is 368 g/mol. The molecule has 1 saturated heterocycles. The minimum atomic E-state index is -0.337. The maximum absolute atomic E-state index is 12.1. The number of piperazine rings is 1. The van der Waals surface area contributed by atoms with Crippen molar-refractivity contribution in [1.29, 1.82) is 0 Å². The Morgan fingerprint density at radius 2 is 1.52 bits per heavy atom. The molecule has 0 bridgehead atoms. The molecule has 0 saturated carbocycles. The highest BCUT2D eigenvalue weighted by atomic mass is 16.5. The van der Waals surface area contributed by atoms with Gasteiger partial charge in [0.1, 0.15) is 0 Å². The zero-order valence-electron chi connectivity index (χ0n) is 15.4. The number of nitrogens with one attached hydrogen (secondary N) is 1. The predicted octanol–water partition coefficient (Wildman–Crippen LogP) is 1.70. The first-order valence-electron chi connectivity index (χ1n) is 9.02. The number of methoxy groups -OCH3 is 1. The second-order valence-corrected chi connectivity index (χ2v) is 6.31. The molecule has 27 heavy (non-hydrogen) atoms. The van der Waals surface area contributed by atoms with Gasteiger partial charge in [0, 0.05) is 62.1 Å². The minimum absolute atomic E-state index is 0.169. The number of hydrogen-bond donors (Lipinski definition) is 1. The summed E-state index contributed by atoms with van der Waals surface area (Å²) >= 11 is 0. The average Bonchev–Trinajstić information content (AvgIpc) is 2.74. The van der Waals surface area contributed by atoms with Gasteiger partial charge in [-0.15, -0.1) is 0 Å². The number of carbonyl (C=O) groups excluding carboxylic acids is 2. The number of anilines is 2. The topological polar surface area (TPSA) is 74.8 Å². The highest BCUT2D eigenvalue weighted by Gasteiger charge is 2.17. The lowest BCUT2D eigenvalue weighted by Gasteiger charge is -2.37. The van der Waals surface area contributed by atoms with E-state index < -0.39 is 0 Å². The SMILES string of the molecule is COC(=O)CCNC(=O)c1ccc(N2CCN(c3ccncc3)CC2)cc1. The van der Waals surface area contributed by atoms with Crippen LogP contribution in [-0.4, -0.2) is 56.7 Å². The van der Waals surface area contributed by atoms with Crippen LogP contribution in [0.1, 0.15) is 16.8 Å². The summed E-state index contributed by atoms with van der Waals surface area (Å²) in [5.41, 5.74) is 2.89. The lowest BCUT2D eigenvalue weighted by atomic mass is 10.1. The van der Waals surface area contributed by atoms with Gasteiger partial charge in [-0.2, -0.15) is 0 Å². The van der Waals surface area contributed by atoms with E-state index in [1.54, 1.807) is 0 Å². The molecule has 7 heteroatoms. The van der Waals surface area contributed by atoms with Crippen LogP contribution in [0.3, 0.4) is 0 Å². The molecule has 1 aliphatic rings. The molecule has 1 amide bonds. The van der Waals surface area contributed by atoms with Crippen molar-refractivity contribution < 1.29 is 14.3 Å². The van der Waals surface area contributed by atoms with Crippen molar-refractivity contribution in [1.82, 2.24) is 10.3 Å². The zero-order chi connectivity index (χ0) is 19.1. The van der Waals surface area contributed by atoms with Crippen LogP contribution >= 0.6 is 0 Å². The Morgan fingerprint density at radius 3 is 2.07 bits per heavy atom. The molecule has 1 N–H and O–H groups in total. The fraction of sp³-hybridized carbons (Fsp3) is 0.350. The van der Waals surface area contributed by atoms with Gasteiger partial charge >= 0.3 is 5.97 Å². The van der Waals surface area contributed by atoms with Crippen molar-refractivity contribution >= 4 is 23.3 Å². The van der Waals surface area contributed by atoms with Gasteiger partial charge in [0.05, 0.1) is 13.5 Å². The molecule has 0 unspecified atom stereocenters. The number of aromatic nitrogens is 1. The van der Waals surface area contributed by atoms with Crippen LogP contribution < -0.4 is 15.1 Å². The van der Waals surface area contributed by atoms with Crippen LogP contribution in [0.2, 0.25) is 0 Å². The number of rotatable bonds is 6. The number of amides is 1. The van der Waals surface area contributed by atoms with Crippen LogP contribution in [0.25, 0.3) is 0 Å². The third-order valence-corrected chi connectivity index (χ3v) is 4.64. The summed E-state index contributed by atoms with van der Waals surface area (Å²) in [5.74, 6) is -0.524. The Balaban J connectivity index is 1.50. The average molecular weight is 368 g/mol. The minimum Gasteiger partial charge on any atom is -0.469 e. The number of esters is 1. The molecule has 0 spiro atoms. The molecule has 1 aromatic heterocycles. The molecule has 7 nitrogen and oxygen atoms in total. The maximum atomic E-state index is 12.1. The lowest BCUT2D eigenvalue weighted by Crippen LogP contribution is -2.46. The summed E-state index contributed by atoms with van der Waals surface area (Å²) in [5, 5.41) is 2.72. The molecular formula is C20H24N4O3. The third-order valence-electron chi connectivity index (χ3n) is 4.64. The summed E-state index contributed by atoms with van der Waals surface area (Å²) in [4.78, 5) is 31.9. The molecule has 1 aliphatic heterocycles. The molecule has 0 aliphatic carbocycles. The molecule has 3 rings (SSSR count). The van der Waals surface area contributed by atoms with Gasteiger partial charge < -0.3 is 19.9 Å². The normalized spacial score (nSPS) is 14.0. The summed E-state index contributed by atoms with van der Waals surface area (Å²) in [7, 11) is 1.33. The smallest absolute Gasteiger partial charge is 0.307 e. The molecule has 1 fully saturated rings. The molecule has 2 heterocycles. The van der Waals surface area contributed by atoms with E-state index in [9.17, 15) is 9.59 Å². The summed E-state index contributed by atoms with van der Waals surface area (Å²) in [6.45, 7) is 4.00. The van der Waals surface area contributed by atoms with Crippen LogP contribution in [-0.2, 0) is 9.53 Å². The maximum Gasteiger partial charge on any atom is 0.307 e. The van der Waals surface area contributed by atoms with Gasteiger partial charge in [0.2, 0.25) is 0 Å². The second-order valence-electron chi connectivity index (χ2n) is 6.31. The first-order chi connectivity index (χ1) is 13.2. The van der Waals surface area contributed by atoms with Crippen LogP contribution in [0, 0.1) is 0 Å². The van der Waals surface area contributed by atoms with E-state index in [1.165, 1.54) is 12.8 Å². The summed E-state index contributed by atoms with van der Waals surface area (Å²) in [6.07, 6.45) is 3.80. The zero-order valence-corrected chi connectivity index (χ0v) is 15.4. The standard InChI is InChI=1S/C20H24N4O3/c1-27-19(25)8-11-22-20(26)16-2-4-17(5-3-16)23-12-14-24(15-13-23)18-6-9-21-10-7-18/h2-7,9-10H,8,11-15H2,1H3,(H,22,26). The number of ether oxygens (including phenoxy) is 1. The van der Waals surface area contributed by atoms with E-state index in [0.717, 1.165) is 31.9 Å². The van der Waals surface area contributed by atoms with Gasteiger partial charge in [-0.3, -0.25) is 14.6 Å². The predicted molar refractivity (Wildman–Crippen MR) is 104 cm³/mol. The van der Waals surface area contributed by atoms with E-state index in [0.29, 0.717) is 5.56 Å². The van der Waals surface area contributed by atoms with Gasteiger partial charge in [-0.05, 0) is 36.4 Å². The van der Waals surface area contributed by atoms with Crippen molar-refractivity contribution in [3.8, 4) is 0 Å². The van der Waals surface area contributed by atoms with Crippen LogP contribution in [0.4, 0.5) is 11.4 Å². The quantitative estimate of drug-likeness (QED) is 0.783. The fourth-order valence-corrected chi connectivity index (χ4v) is 3.08.